The minimum Gasteiger partial charge on any atom is -0.372 e. The Bertz CT molecular complexity index is 744. The molecule has 2 fully saturated rings. The Labute approximate surface area is 138 Å². The zero-order valence-corrected chi connectivity index (χ0v) is 12.9. The minimum atomic E-state index is -0.659. The summed E-state index contributed by atoms with van der Waals surface area (Å²) in [6.45, 7) is 2.20. The Morgan fingerprint density at radius 1 is 1.21 bits per heavy atom. The molecule has 4 rings (SSSR count). The van der Waals surface area contributed by atoms with Gasteiger partial charge in [-0.25, -0.2) is 15.0 Å². The molecule has 0 aromatic carbocycles. The molecule has 124 valence electrons. The van der Waals surface area contributed by atoms with Gasteiger partial charge in [0.15, 0.2) is 0 Å². The van der Waals surface area contributed by atoms with Crippen LogP contribution < -0.4 is 4.90 Å². The van der Waals surface area contributed by atoms with Gasteiger partial charge in [0.25, 0.3) is 5.91 Å². The number of pyridine rings is 1. The van der Waals surface area contributed by atoms with Crippen LogP contribution in [0.15, 0.2) is 36.8 Å². The van der Waals surface area contributed by atoms with Gasteiger partial charge < -0.3 is 14.5 Å². The van der Waals surface area contributed by atoms with Crippen molar-refractivity contribution in [3.63, 3.8) is 0 Å². The van der Waals surface area contributed by atoms with E-state index in [1.165, 1.54) is 12.3 Å². The number of nitrogens with zero attached hydrogens (tertiary/aromatic N) is 5. The highest BCUT2D eigenvalue weighted by Gasteiger charge is 2.42. The number of ether oxygens (including phenoxy) is 1. The van der Waals surface area contributed by atoms with Crippen LogP contribution in [0.5, 0.6) is 0 Å². The number of hydrogen-bond acceptors (Lipinski definition) is 6. The number of rotatable bonds is 2. The molecule has 2 aliphatic rings. The lowest BCUT2D eigenvalue weighted by Gasteiger charge is -2.36. The molecule has 2 saturated heterocycles. The Balaban J connectivity index is 1.55. The first kappa shape index (κ1) is 14.9. The Kier molecular flexibility index (Phi) is 3.81. The van der Waals surface area contributed by atoms with Crippen molar-refractivity contribution in [2.75, 3.05) is 31.1 Å². The molecule has 7 nitrogen and oxygen atoms in total. The molecule has 2 aromatic heterocycles. The van der Waals surface area contributed by atoms with E-state index in [-0.39, 0.29) is 18.1 Å². The molecule has 4 heterocycles. The third-order valence-corrected chi connectivity index (χ3v) is 4.37. The molecule has 1 amide bonds. The van der Waals surface area contributed by atoms with E-state index in [2.05, 4.69) is 19.9 Å². The Morgan fingerprint density at radius 3 is 2.83 bits per heavy atom. The number of likely N-dealkylation sites (tertiary alicyclic amines) is 1. The van der Waals surface area contributed by atoms with Crippen molar-refractivity contribution in [3.8, 4) is 0 Å². The second-order valence-electron chi connectivity index (χ2n) is 5.80. The van der Waals surface area contributed by atoms with E-state index in [1.54, 1.807) is 23.4 Å². The molecule has 0 spiro atoms. The summed E-state index contributed by atoms with van der Waals surface area (Å²) in [5.41, 5.74) is 0.295. The van der Waals surface area contributed by atoms with Crippen LogP contribution in [-0.4, -0.2) is 64.1 Å². The molecule has 0 N–H and O–H groups in total. The largest absolute Gasteiger partial charge is 0.372 e. The predicted octanol–water partition coefficient (Wildman–Crippen LogP) is 0.740. The van der Waals surface area contributed by atoms with Gasteiger partial charge in [-0.15, -0.1) is 0 Å². The standard InChI is InChI=1S/C16H16FN5O2/c17-14-8-11(2-5-18-14)15(23)21-9-12-13(10-21)24-7-6-22(12)16-19-3-1-4-20-16/h1-5,8,12-13H,6-7,9-10H2/t12-,13-/m0/s1. The topological polar surface area (TPSA) is 71.5 Å². The third-order valence-electron chi connectivity index (χ3n) is 4.37. The lowest BCUT2D eigenvalue weighted by Crippen LogP contribution is -2.51. The fraction of sp³-hybridized carbons (Fsp3) is 0.375. The van der Waals surface area contributed by atoms with E-state index >= 15 is 0 Å². The van der Waals surface area contributed by atoms with Gasteiger partial charge in [0.1, 0.15) is 0 Å². The van der Waals surface area contributed by atoms with Gasteiger partial charge in [0, 0.05) is 49.9 Å². The quantitative estimate of drug-likeness (QED) is 0.757. The van der Waals surface area contributed by atoms with Gasteiger partial charge in [-0.05, 0) is 12.1 Å². The SMILES string of the molecule is O=C(c1ccnc(F)c1)N1C[C@@H]2OCCN(c3ncccn3)[C@H]2C1. The number of halogens is 1. The smallest absolute Gasteiger partial charge is 0.254 e. The van der Waals surface area contributed by atoms with Crippen LogP contribution in [-0.2, 0) is 4.74 Å². The third kappa shape index (κ3) is 2.69. The molecule has 0 radical (unpaired) electrons. The number of carbonyl (C=O) groups excluding carboxylic acids is 1. The maximum atomic E-state index is 13.3. The van der Waals surface area contributed by atoms with E-state index in [9.17, 15) is 9.18 Å². The van der Waals surface area contributed by atoms with Crippen molar-refractivity contribution in [2.24, 2.45) is 0 Å². The summed E-state index contributed by atoms with van der Waals surface area (Å²) in [7, 11) is 0. The highest BCUT2D eigenvalue weighted by molar-refractivity contribution is 5.94. The van der Waals surface area contributed by atoms with Crippen LogP contribution in [0.25, 0.3) is 0 Å². The molecule has 24 heavy (non-hydrogen) atoms. The predicted molar refractivity (Wildman–Crippen MR) is 83.0 cm³/mol. The molecule has 0 unspecified atom stereocenters. The molecular weight excluding hydrogens is 313 g/mol. The first-order valence-corrected chi connectivity index (χ1v) is 7.78. The summed E-state index contributed by atoms with van der Waals surface area (Å²) in [5.74, 6) is -0.240. The van der Waals surface area contributed by atoms with Gasteiger partial charge in [0.2, 0.25) is 11.9 Å². The number of morpholine rings is 1. The van der Waals surface area contributed by atoms with Crippen molar-refractivity contribution >= 4 is 11.9 Å². The maximum absolute atomic E-state index is 13.3. The fourth-order valence-corrected chi connectivity index (χ4v) is 3.26. The number of aromatic nitrogens is 3. The Hall–Kier alpha value is -2.61. The van der Waals surface area contributed by atoms with Gasteiger partial charge >= 0.3 is 0 Å². The molecule has 0 bridgehead atoms. The van der Waals surface area contributed by atoms with Gasteiger partial charge in [-0.3, -0.25) is 4.79 Å². The summed E-state index contributed by atoms with van der Waals surface area (Å²) in [6, 6.07) is 4.44. The van der Waals surface area contributed by atoms with E-state index in [0.717, 1.165) is 6.07 Å². The highest BCUT2D eigenvalue weighted by Crippen LogP contribution is 2.26. The van der Waals surface area contributed by atoms with Crippen LogP contribution in [0.3, 0.4) is 0 Å². The van der Waals surface area contributed by atoms with Crippen LogP contribution in [0.4, 0.5) is 10.3 Å². The maximum Gasteiger partial charge on any atom is 0.254 e. The first-order chi connectivity index (χ1) is 11.7. The van der Waals surface area contributed by atoms with Crippen molar-refractivity contribution in [1.82, 2.24) is 19.9 Å². The molecule has 2 atom stereocenters. The van der Waals surface area contributed by atoms with Gasteiger partial charge in [-0.2, -0.15) is 4.39 Å². The van der Waals surface area contributed by atoms with E-state index < -0.39 is 5.95 Å². The summed E-state index contributed by atoms with van der Waals surface area (Å²) in [5, 5.41) is 0. The zero-order valence-electron chi connectivity index (χ0n) is 12.9. The molecule has 8 heteroatoms. The lowest BCUT2D eigenvalue weighted by molar-refractivity contribution is 0.0296. The van der Waals surface area contributed by atoms with Crippen LogP contribution in [0.1, 0.15) is 10.4 Å². The number of amides is 1. The van der Waals surface area contributed by atoms with E-state index in [0.29, 0.717) is 37.8 Å². The van der Waals surface area contributed by atoms with Crippen LogP contribution >= 0.6 is 0 Å². The summed E-state index contributed by atoms with van der Waals surface area (Å²) < 4.78 is 19.1. The van der Waals surface area contributed by atoms with Crippen LogP contribution in [0.2, 0.25) is 0 Å². The average molecular weight is 329 g/mol. The summed E-state index contributed by atoms with van der Waals surface area (Å²) >= 11 is 0. The van der Waals surface area contributed by atoms with Crippen molar-refractivity contribution in [1.29, 1.82) is 0 Å². The zero-order chi connectivity index (χ0) is 16.5. The second kappa shape index (κ2) is 6.12. The number of anilines is 1. The fourth-order valence-electron chi connectivity index (χ4n) is 3.26. The summed E-state index contributed by atoms with van der Waals surface area (Å²) in [6.07, 6.45) is 4.60. The molecular formula is C16H16FN5O2. The first-order valence-electron chi connectivity index (χ1n) is 7.78. The number of carbonyl (C=O) groups is 1. The van der Waals surface area contributed by atoms with Crippen molar-refractivity contribution in [3.05, 3.63) is 48.3 Å². The monoisotopic (exact) mass is 329 g/mol. The van der Waals surface area contributed by atoms with Gasteiger partial charge in [-0.1, -0.05) is 0 Å². The molecule has 0 saturated carbocycles. The molecule has 2 aliphatic heterocycles. The van der Waals surface area contributed by atoms with Crippen molar-refractivity contribution in [2.45, 2.75) is 12.1 Å². The van der Waals surface area contributed by atoms with Crippen LogP contribution in [0, 0.1) is 5.95 Å². The van der Waals surface area contributed by atoms with Gasteiger partial charge in [0.05, 0.1) is 18.8 Å². The Morgan fingerprint density at radius 2 is 2.04 bits per heavy atom. The number of hydrogen-bond donors (Lipinski definition) is 0. The second-order valence-corrected chi connectivity index (χ2v) is 5.80. The molecule has 0 aliphatic carbocycles. The van der Waals surface area contributed by atoms with E-state index in [4.69, 9.17) is 4.74 Å². The molecule has 2 aromatic rings. The summed E-state index contributed by atoms with van der Waals surface area (Å²) in [4.78, 5) is 28.5. The lowest BCUT2D eigenvalue weighted by atomic mass is 10.1. The highest BCUT2D eigenvalue weighted by atomic mass is 19.1. The number of fused-ring (bicyclic) bond motifs is 1. The minimum absolute atomic E-state index is 0.00298. The normalized spacial score (nSPS) is 23.2. The van der Waals surface area contributed by atoms with E-state index in [1.807, 2.05) is 0 Å². The van der Waals surface area contributed by atoms with Crippen molar-refractivity contribution < 1.29 is 13.9 Å². The average Bonchev–Trinajstić information content (AvgIpc) is 3.06.